The Hall–Kier alpha value is -2.02. The number of nitrogens with zero attached hydrogens (tertiary/aromatic N) is 1. The zero-order chi connectivity index (χ0) is 11.4. The van der Waals surface area contributed by atoms with Crippen molar-refractivity contribution in [2.24, 2.45) is 0 Å². The molecule has 0 spiro atoms. The molecule has 1 aromatic rings. The van der Waals surface area contributed by atoms with Crippen molar-refractivity contribution in [2.75, 3.05) is 0 Å². The van der Waals surface area contributed by atoms with Crippen LogP contribution < -0.4 is 0 Å². The first-order chi connectivity index (χ1) is 7.04. The van der Waals surface area contributed by atoms with Crippen molar-refractivity contribution in [1.29, 1.82) is 5.26 Å². The highest BCUT2D eigenvalue weighted by Gasteiger charge is 2.15. The van der Waals surface area contributed by atoms with Crippen LogP contribution in [0.4, 0.5) is 0 Å². The molecule has 0 saturated carbocycles. The minimum absolute atomic E-state index is 0.0719. The normalized spacial score (nSPS) is 11.5. The molecule has 0 heterocycles. The van der Waals surface area contributed by atoms with Crippen molar-refractivity contribution in [3.63, 3.8) is 0 Å². The summed E-state index contributed by atoms with van der Waals surface area (Å²) in [4.78, 5) is 11.4. The van der Waals surface area contributed by atoms with Crippen LogP contribution in [0.5, 0.6) is 5.75 Å². The smallest absolute Gasteiger partial charge is 0.343 e. The number of carbonyl (C=O) groups is 1. The monoisotopic (exact) mass is 205 g/mol. The van der Waals surface area contributed by atoms with Crippen LogP contribution in [0.1, 0.15) is 22.8 Å². The molecule has 0 fully saturated rings. The van der Waals surface area contributed by atoms with E-state index in [2.05, 4.69) is 0 Å². The molecule has 0 amide bonds. The second kappa shape index (κ2) is 4.47. The molecule has 0 unspecified atom stereocenters. The number of carbonyl (C=O) groups excluding carboxylic acids is 1. The number of ether oxygens (including phenoxy) is 1. The summed E-state index contributed by atoms with van der Waals surface area (Å²) >= 11 is 0. The van der Waals surface area contributed by atoms with E-state index >= 15 is 0 Å². The van der Waals surface area contributed by atoms with Gasteiger partial charge in [-0.05, 0) is 31.5 Å². The van der Waals surface area contributed by atoms with Gasteiger partial charge in [-0.2, -0.15) is 5.26 Å². The largest absolute Gasteiger partial charge is 0.507 e. The molecular weight excluding hydrogens is 194 g/mol. The minimum Gasteiger partial charge on any atom is -0.507 e. The summed E-state index contributed by atoms with van der Waals surface area (Å²) in [7, 11) is 0. The Labute approximate surface area is 87.7 Å². The fraction of sp³-hybridized carbons (Fsp3) is 0.273. The number of phenols is 1. The number of aromatic hydroxyl groups is 1. The van der Waals surface area contributed by atoms with E-state index in [4.69, 9.17) is 10.00 Å². The molecule has 0 aliphatic carbocycles. The zero-order valence-electron chi connectivity index (χ0n) is 8.52. The van der Waals surface area contributed by atoms with Gasteiger partial charge in [0.05, 0.1) is 0 Å². The van der Waals surface area contributed by atoms with Gasteiger partial charge in [0.2, 0.25) is 0 Å². The molecule has 0 saturated heterocycles. The second-order valence-corrected chi connectivity index (χ2v) is 3.20. The third-order valence-electron chi connectivity index (χ3n) is 1.84. The predicted molar refractivity (Wildman–Crippen MR) is 53.3 cm³/mol. The third kappa shape index (κ3) is 2.71. The average molecular weight is 205 g/mol. The lowest BCUT2D eigenvalue weighted by Crippen LogP contribution is -2.13. The summed E-state index contributed by atoms with van der Waals surface area (Å²) < 4.78 is 4.75. The first kappa shape index (κ1) is 11.1. The standard InChI is InChI=1S/C11H11NO3/c1-7-3-4-9(10(13)5-7)11(14)15-8(2)6-12/h3-5,8,13H,1-2H3/t8-/m0/s1. The van der Waals surface area contributed by atoms with E-state index in [0.29, 0.717) is 0 Å². The van der Waals surface area contributed by atoms with Crippen molar-refractivity contribution < 1.29 is 14.6 Å². The number of hydrogen-bond acceptors (Lipinski definition) is 4. The Morgan fingerprint density at radius 3 is 2.80 bits per heavy atom. The Bertz CT molecular complexity index is 420. The molecule has 1 aromatic carbocycles. The van der Waals surface area contributed by atoms with Crippen LogP contribution in [0, 0.1) is 18.3 Å². The molecule has 1 atom stereocenters. The van der Waals surface area contributed by atoms with Gasteiger partial charge in [0.25, 0.3) is 0 Å². The number of rotatable bonds is 2. The van der Waals surface area contributed by atoms with Gasteiger partial charge in [-0.25, -0.2) is 4.79 Å². The number of phenolic OH excluding ortho intramolecular Hbond substituents is 1. The van der Waals surface area contributed by atoms with Crippen LogP contribution in [-0.2, 0) is 4.74 Å². The molecule has 78 valence electrons. The van der Waals surface area contributed by atoms with Gasteiger partial charge in [-0.15, -0.1) is 0 Å². The Kier molecular flexibility index (Phi) is 3.29. The van der Waals surface area contributed by atoms with Crippen LogP contribution in [0.15, 0.2) is 18.2 Å². The predicted octanol–water partition coefficient (Wildman–Crippen LogP) is 1.77. The second-order valence-electron chi connectivity index (χ2n) is 3.20. The average Bonchev–Trinajstić information content (AvgIpc) is 2.17. The van der Waals surface area contributed by atoms with Gasteiger partial charge in [-0.3, -0.25) is 0 Å². The van der Waals surface area contributed by atoms with E-state index in [9.17, 15) is 9.90 Å². The number of benzene rings is 1. The Morgan fingerprint density at radius 1 is 1.60 bits per heavy atom. The molecule has 1 rings (SSSR count). The van der Waals surface area contributed by atoms with Gasteiger partial charge in [-0.1, -0.05) is 6.07 Å². The fourth-order valence-electron chi connectivity index (χ4n) is 1.06. The summed E-state index contributed by atoms with van der Waals surface area (Å²) in [6.45, 7) is 3.26. The van der Waals surface area contributed by atoms with Crippen molar-refractivity contribution in [2.45, 2.75) is 20.0 Å². The quantitative estimate of drug-likeness (QED) is 0.747. The molecule has 15 heavy (non-hydrogen) atoms. The van der Waals surface area contributed by atoms with Crippen LogP contribution in [-0.4, -0.2) is 17.2 Å². The Morgan fingerprint density at radius 2 is 2.27 bits per heavy atom. The van der Waals surface area contributed by atoms with E-state index < -0.39 is 12.1 Å². The number of aryl methyl sites for hydroxylation is 1. The molecule has 4 heteroatoms. The molecule has 4 nitrogen and oxygen atoms in total. The molecule has 0 aliphatic heterocycles. The molecular formula is C11H11NO3. The van der Waals surface area contributed by atoms with Crippen LogP contribution in [0.25, 0.3) is 0 Å². The van der Waals surface area contributed by atoms with Crippen LogP contribution >= 0.6 is 0 Å². The lowest BCUT2D eigenvalue weighted by atomic mass is 10.1. The molecule has 0 aliphatic rings. The van der Waals surface area contributed by atoms with Crippen molar-refractivity contribution in [1.82, 2.24) is 0 Å². The van der Waals surface area contributed by atoms with Gasteiger partial charge in [0.15, 0.2) is 6.10 Å². The maximum absolute atomic E-state index is 11.4. The van der Waals surface area contributed by atoms with Gasteiger partial charge >= 0.3 is 5.97 Å². The topological polar surface area (TPSA) is 70.3 Å². The summed E-state index contributed by atoms with van der Waals surface area (Å²) in [5.74, 6) is -0.827. The molecule has 0 radical (unpaired) electrons. The first-order valence-electron chi connectivity index (χ1n) is 4.45. The van der Waals surface area contributed by atoms with E-state index in [1.54, 1.807) is 19.1 Å². The first-order valence-corrected chi connectivity index (χ1v) is 4.45. The van der Waals surface area contributed by atoms with Gasteiger partial charge in [0, 0.05) is 0 Å². The maximum atomic E-state index is 11.4. The molecule has 0 aromatic heterocycles. The minimum atomic E-state index is -0.821. The highest BCUT2D eigenvalue weighted by atomic mass is 16.5. The highest BCUT2D eigenvalue weighted by molar-refractivity contribution is 5.92. The number of esters is 1. The van der Waals surface area contributed by atoms with Gasteiger partial charge < -0.3 is 9.84 Å². The zero-order valence-corrected chi connectivity index (χ0v) is 8.52. The summed E-state index contributed by atoms with van der Waals surface area (Å²) in [6, 6.07) is 6.39. The highest BCUT2D eigenvalue weighted by Crippen LogP contribution is 2.19. The number of nitriles is 1. The SMILES string of the molecule is Cc1ccc(C(=O)O[C@@H](C)C#N)c(O)c1. The summed E-state index contributed by atoms with van der Waals surface area (Å²) in [6.07, 6.45) is -0.821. The Balaban J connectivity index is 2.88. The lowest BCUT2D eigenvalue weighted by Gasteiger charge is -2.07. The van der Waals surface area contributed by atoms with E-state index in [1.807, 2.05) is 0 Å². The third-order valence-corrected chi connectivity index (χ3v) is 1.84. The maximum Gasteiger partial charge on any atom is 0.343 e. The summed E-state index contributed by atoms with van der Waals surface area (Å²) in [5.41, 5.74) is 0.917. The van der Waals surface area contributed by atoms with Crippen molar-refractivity contribution in [3.8, 4) is 11.8 Å². The van der Waals surface area contributed by atoms with E-state index in [1.165, 1.54) is 19.1 Å². The fourth-order valence-corrected chi connectivity index (χ4v) is 1.06. The summed E-state index contributed by atoms with van der Waals surface area (Å²) in [5, 5.41) is 17.9. The van der Waals surface area contributed by atoms with Crippen LogP contribution in [0.3, 0.4) is 0 Å². The van der Waals surface area contributed by atoms with Crippen LogP contribution in [0.2, 0.25) is 0 Å². The van der Waals surface area contributed by atoms with E-state index in [0.717, 1.165) is 5.56 Å². The lowest BCUT2D eigenvalue weighted by molar-refractivity contribution is 0.0432. The van der Waals surface area contributed by atoms with Gasteiger partial charge in [0.1, 0.15) is 17.4 Å². The number of hydrogen-bond donors (Lipinski definition) is 1. The molecule has 0 bridgehead atoms. The van der Waals surface area contributed by atoms with Crippen molar-refractivity contribution >= 4 is 5.97 Å². The van der Waals surface area contributed by atoms with E-state index in [-0.39, 0.29) is 11.3 Å². The van der Waals surface area contributed by atoms with Crippen molar-refractivity contribution in [3.05, 3.63) is 29.3 Å². The molecule has 1 N–H and O–H groups in total.